The summed E-state index contributed by atoms with van der Waals surface area (Å²) < 4.78 is 71.9. The Balaban J connectivity index is 1.72. The fourth-order valence-corrected chi connectivity index (χ4v) is 3.62. The van der Waals surface area contributed by atoms with Gasteiger partial charge in [0.25, 0.3) is 0 Å². The van der Waals surface area contributed by atoms with Crippen molar-refractivity contribution >= 4 is 21.9 Å². The van der Waals surface area contributed by atoms with Gasteiger partial charge in [-0.2, -0.15) is 0 Å². The molecule has 0 unspecified atom stereocenters. The number of halogens is 1. The third-order valence-corrected chi connectivity index (χ3v) is 4.93. The number of benzene rings is 3. The second-order valence-corrected chi connectivity index (χ2v) is 8.46. The second-order valence-electron chi connectivity index (χ2n) is 8.46. The highest BCUT2D eigenvalue weighted by atomic mass is 19.1. The van der Waals surface area contributed by atoms with E-state index in [0.29, 0.717) is 27.8 Å². The topological polar surface area (TPSA) is 26.0 Å². The molecule has 0 aliphatic carbocycles. The average Bonchev–Trinajstić information content (AvgIpc) is 3.23. The van der Waals surface area contributed by atoms with Crippen molar-refractivity contribution in [3.63, 3.8) is 0 Å². The van der Waals surface area contributed by atoms with E-state index in [1.54, 1.807) is 51.1 Å². The van der Waals surface area contributed by atoms with Gasteiger partial charge >= 0.3 is 0 Å². The standard InChI is InChI=1S/C28H24FNO/c1-28(2,3)17-18-10-12-19(13-11-18)20-14-15-30-25(16-20)23-8-4-6-21-22-7-5-9-24(29)27(22)31-26(21)23/h4-16H,17H2,1-3H3/i10D,11D,12D,13D,17D2. The Bertz CT molecular complexity index is 1670. The lowest BCUT2D eigenvalue weighted by molar-refractivity contribution is 0.411. The first-order valence-electron chi connectivity index (χ1n) is 13.0. The van der Waals surface area contributed by atoms with Crippen LogP contribution in [0.1, 0.15) is 34.6 Å². The summed E-state index contributed by atoms with van der Waals surface area (Å²) in [7, 11) is 0. The summed E-state index contributed by atoms with van der Waals surface area (Å²) in [4.78, 5) is 4.44. The quantitative estimate of drug-likeness (QED) is 0.298. The maximum Gasteiger partial charge on any atom is 0.171 e. The number of para-hydroxylation sites is 2. The van der Waals surface area contributed by atoms with E-state index in [1.165, 1.54) is 12.3 Å². The first kappa shape index (κ1) is 13.8. The van der Waals surface area contributed by atoms with Crippen LogP contribution in [0.25, 0.3) is 44.3 Å². The summed E-state index contributed by atoms with van der Waals surface area (Å²) in [5, 5.41) is 1.36. The van der Waals surface area contributed by atoms with Crippen molar-refractivity contribution in [1.82, 2.24) is 4.98 Å². The Morgan fingerprint density at radius 3 is 2.39 bits per heavy atom. The lowest BCUT2D eigenvalue weighted by Gasteiger charge is -2.18. The maximum absolute atomic E-state index is 14.4. The van der Waals surface area contributed by atoms with E-state index in [4.69, 9.17) is 12.6 Å². The van der Waals surface area contributed by atoms with Crippen LogP contribution >= 0.6 is 0 Å². The molecule has 0 amide bonds. The molecular weight excluding hydrogens is 385 g/mol. The van der Waals surface area contributed by atoms with Crippen molar-refractivity contribution in [3.05, 3.63) is 90.3 Å². The maximum atomic E-state index is 14.4. The number of rotatable bonds is 3. The fourth-order valence-electron chi connectivity index (χ4n) is 3.62. The zero-order valence-electron chi connectivity index (χ0n) is 23.4. The lowest BCUT2D eigenvalue weighted by Crippen LogP contribution is -2.08. The van der Waals surface area contributed by atoms with Crippen molar-refractivity contribution in [1.29, 1.82) is 0 Å². The van der Waals surface area contributed by atoms with Gasteiger partial charge in [0.05, 0.1) is 11.2 Å². The highest BCUT2D eigenvalue weighted by molar-refractivity contribution is 6.09. The van der Waals surface area contributed by atoms with Crippen LogP contribution in [0.4, 0.5) is 4.39 Å². The number of fused-ring (bicyclic) bond motifs is 3. The fraction of sp³-hybridized carbons (Fsp3) is 0.179. The van der Waals surface area contributed by atoms with Crippen molar-refractivity contribution < 1.29 is 17.0 Å². The Morgan fingerprint density at radius 1 is 0.935 bits per heavy atom. The van der Waals surface area contributed by atoms with Crippen molar-refractivity contribution in [3.8, 4) is 22.4 Å². The SMILES string of the molecule is [2H]c1c([2H])c(C([2H])([2H])C(C)(C)C)c([2H])c([2H])c1-c1ccnc(-c2cccc3c2oc2c(F)cccc23)c1. The summed E-state index contributed by atoms with van der Waals surface area (Å²) in [6.07, 6.45) is -0.595. The minimum atomic E-state index is -2.10. The molecule has 0 aliphatic rings. The molecule has 5 rings (SSSR count). The van der Waals surface area contributed by atoms with Crippen LogP contribution in [-0.2, 0) is 6.37 Å². The molecule has 0 saturated carbocycles. The molecule has 0 aliphatic heterocycles. The molecule has 0 N–H and O–H groups in total. The van der Waals surface area contributed by atoms with Crippen LogP contribution < -0.4 is 0 Å². The molecule has 3 heteroatoms. The third-order valence-electron chi connectivity index (χ3n) is 4.93. The molecule has 3 aromatic carbocycles. The smallest absolute Gasteiger partial charge is 0.171 e. The lowest BCUT2D eigenvalue weighted by atomic mass is 9.87. The minimum absolute atomic E-state index is 0.0509. The Kier molecular flexibility index (Phi) is 3.26. The second kappa shape index (κ2) is 7.35. The molecule has 0 radical (unpaired) electrons. The average molecular weight is 416 g/mol. The van der Waals surface area contributed by atoms with Gasteiger partial charge in [0.2, 0.25) is 0 Å². The van der Waals surface area contributed by atoms with Gasteiger partial charge < -0.3 is 4.42 Å². The summed E-state index contributed by atoms with van der Waals surface area (Å²) in [6, 6.07) is 11.9. The number of hydrogen-bond donors (Lipinski definition) is 0. The molecule has 0 atom stereocenters. The molecule has 0 fully saturated rings. The molecule has 154 valence electrons. The molecule has 2 heterocycles. The summed E-state index contributed by atoms with van der Waals surface area (Å²) >= 11 is 0. The van der Waals surface area contributed by atoms with Crippen LogP contribution in [0.3, 0.4) is 0 Å². The summed E-state index contributed by atoms with van der Waals surface area (Å²) in [5.41, 5.74) is 0.860. The highest BCUT2D eigenvalue weighted by Crippen LogP contribution is 2.37. The molecule has 5 aromatic rings. The van der Waals surface area contributed by atoms with Gasteiger partial charge in [-0.3, -0.25) is 4.98 Å². The van der Waals surface area contributed by atoms with E-state index in [1.807, 2.05) is 12.1 Å². The molecule has 0 bridgehead atoms. The number of furan rings is 1. The first-order chi connectivity index (χ1) is 17.3. The van der Waals surface area contributed by atoms with Crippen molar-refractivity contribution in [2.75, 3.05) is 0 Å². The highest BCUT2D eigenvalue weighted by Gasteiger charge is 2.16. The Hall–Kier alpha value is -3.46. The Labute approximate surface area is 189 Å². The number of hydrogen-bond acceptors (Lipinski definition) is 2. The molecule has 0 spiro atoms. The van der Waals surface area contributed by atoms with E-state index >= 15 is 0 Å². The van der Waals surface area contributed by atoms with Gasteiger partial charge in [-0.1, -0.05) is 69.2 Å². The van der Waals surface area contributed by atoms with Gasteiger partial charge in [-0.15, -0.1) is 0 Å². The molecule has 0 saturated heterocycles. The molecular formula is C28H24FNO. The first-order valence-corrected chi connectivity index (χ1v) is 10.0. The van der Waals surface area contributed by atoms with E-state index < -0.39 is 29.7 Å². The molecule has 2 nitrogen and oxygen atoms in total. The number of pyridine rings is 1. The van der Waals surface area contributed by atoms with Crippen LogP contribution in [0, 0.1) is 11.2 Å². The van der Waals surface area contributed by atoms with E-state index in [-0.39, 0.29) is 28.8 Å². The van der Waals surface area contributed by atoms with Gasteiger partial charge in [0, 0.05) is 25.3 Å². The largest absolute Gasteiger partial charge is 0.452 e. The van der Waals surface area contributed by atoms with E-state index in [9.17, 15) is 4.39 Å². The Morgan fingerprint density at radius 2 is 1.65 bits per heavy atom. The number of aromatic nitrogens is 1. The van der Waals surface area contributed by atoms with E-state index in [2.05, 4.69) is 4.98 Å². The predicted octanol–water partition coefficient (Wildman–Crippen LogP) is 8.04. The zero-order chi connectivity index (χ0) is 26.9. The van der Waals surface area contributed by atoms with Crippen LogP contribution in [0.2, 0.25) is 0 Å². The predicted molar refractivity (Wildman–Crippen MR) is 126 cm³/mol. The van der Waals surface area contributed by atoms with Gasteiger partial charge in [-0.05, 0) is 52.7 Å². The summed E-state index contributed by atoms with van der Waals surface area (Å²) in [6.45, 7) is 4.98. The summed E-state index contributed by atoms with van der Waals surface area (Å²) in [5.74, 6) is -0.472. The third kappa shape index (κ3) is 3.72. The molecule has 31 heavy (non-hydrogen) atoms. The normalized spacial score (nSPS) is 15.2. The van der Waals surface area contributed by atoms with E-state index in [0.717, 1.165) is 5.39 Å². The monoisotopic (exact) mass is 415 g/mol. The van der Waals surface area contributed by atoms with Crippen LogP contribution in [0.15, 0.2) is 83.3 Å². The van der Waals surface area contributed by atoms with Gasteiger partial charge in [0.15, 0.2) is 11.4 Å². The van der Waals surface area contributed by atoms with Crippen molar-refractivity contribution in [2.24, 2.45) is 5.41 Å². The van der Waals surface area contributed by atoms with Crippen LogP contribution in [0.5, 0.6) is 0 Å². The van der Waals surface area contributed by atoms with Crippen molar-refractivity contribution in [2.45, 2.75) is 27.1 Å². The molecule has 2 aromatic heterocycles. The zero-order valence-corrected chi connectivity index (χ0v) is 17.4. The van der Waals surface area contributed by atoms with Crippen LogP contribution in [-0.4, -0.2) is 4.98 Å². The minimum Gasteiger partial charge on any atom is -0.452 e. The van der Waals surface area contributed by atoms with Gasteiger partial charge in [0.1, 0.15) is 5.58 Å². The number of nitrogens with zero attached hydrogens (tertiary/aromatic N) is 1. The van der Waals surface area contributed by atoms with Gasteiger partial charge in [-0.25, -0.2) is 4.39 Å².